The molecule has 3 aliphatic rings. The molecule has 2 amide bonds. The van der Waals surface area contributed by atoms with E-state index in [9.17, 15) is 14.4 Å². The van der Waals surface area contributed by atoms with Crippen molar-refractivity contribution in [3.05, 3.63) is 101 Å². The zero-order valence-corrected chi connectivity index (χ0v) is 21.0. The fourth-order valence-corrected chi connectivity index (χ4v) is 7.42. The smallest absolute Gasteiger partial charge is 0.239 e. The van der Waals surface area contributed by atoms with Gasteiger partial charge in [-0.25, -0.2) is 4.90 Å². The molecule has 36 heavy (non-hydrogen) atoms. The molecule has 2 bridgehead atoms. The average molecular weight is 476 g/mol. The minimum Gasteiger partial charge on any atom is -0.298 e. The summed E-state index contributed by atoms with van der Waals surface area (Å²) < 4.78 is 0. The molecule has 1 heterocycles. The third-order valence-corrected chi connectivity index (χ3v) is 8.83. The van der Waals surface area contributed by atoms with Crippen LogP contribution in [0.5, 0.6) is 0 Å². The van der Waals surface area contributed by atoms with Crippen molar-refractivity contribution < 1.29 is 14.4 Å². The van der Waals surface area contributed by atoms with Crippen LogP contribution >= 0.6 is 0 Å². The number of carbonyl (C=O) groups excluding carboxylic acids is 3. The van der Waals surface area contributed by atoms with Gasteiger partial charge in [-0.2, -0.15) is 0 Å². The SMILES string of the molecule is CC[C@@]12C(=O)[C@@](C)(C(c3ccccc3)=C1c1ccccc1)[C@@H]1C(=O)N(c3ccc(C)cc3C)C(=O)[C@H]12. The summed E-state index contributed by atoms with van der Waals surface area (Å²) >= 11 is 0. The van der Waals surface area contributed by atoms with E-state index in [1.165, 1.54) is 4.90 Å². The van der Waals surface area contributed by atoms with Gasteiger partial charge in [0.15, 0.2) is 5.78 Å². The number of allylic oxidation sites excluding steroid dienone is 2. The molecule has 0 aromatic heterocycles. The molecule has 6 rings (SSSR count). The van der Waals surface area contributed by atoms with Gasteiger partial charge in [-0.1, -0.05) is 85.3 Å². The molecule has 4 heteroatoms. The van der Waals surface area contributed by atoms with Crippen molar-refractivity contribution in [2.24, 2.45) is 22.7 Å². The number of amides is 2. The van der Waals surface area contributed by atoms with Gasteiger partial charge >= 0.3 is 0 Å². The van der Waals surface area contributed by atoms with E-state index in [1.54, 1.807) is 0 Å². The summed E-state index contributed by atoms with van der Waals surface area (Å²) in [7, 11) is 0. The maximum atomic E-state index is 14.5. The van der Waals surface area contributed by atoms with Gasteiger partial charge in [-0.3, -0.25) is 14.4 Å². The number of benzene rings is 3. The van der Waals surface area contributed by atoms with Gasteiger partial charge in [0.2, 0.25) is 11.8 Å². The number of aryl methyl sites for hydroxylation is 2. The number of hydrogen-bond donors (Lipinski definition) is 0. The van der Waals surface area contributed by atoms with Gasteiger partial charge in [-0.15, -0.1) is 0 Å². The lowest BCUT2D eigenvalue weighted by Crippen LogP contribution is -2.41. The van der Waals surface area contributed by atoms with Gasteiger partial charge in [-0.05, 0) is 61.1 Å². The van der Waals surface area contributed by atoms with E-state index in [4.69, 9.17) is 0 Å². The summed E-state index contributed by atoms with van der Waals surface area (Å²) in [5.41, 5.74) is 4.12. The summed E-state index contributed by atoms with van der Waals surface area (Å²) in [5.74, 6) is -1.94. The Morgan fingerprint density at radius 1 is 0.750 bits per heavy atom. The third kappa shape index (κ3) is 2.57. The predicted molar refractivity (Wildman–Crippen MR) is 141 cm³/mol. The van der Waals surface area contributed by atoms with Gasteiger partial charge in [0.25, 0.3) is 0 Å². The summed E-state index contributed by atoms with van der Waals surface area (Å²) in [6, 6.07) is 25.6. The van der Waals surface area contributed by atoms with Crippen LogP contribution in [0, 0.1) is 36.5 Å². The van der Waals surface area contributed by atoms with Crippen molar-refractivity contribution in [1.82, 2.24) is 0 Å². The molecule has 0 spiro atoms. The zero-order chi connectivity index (χ0) is 25.4. The molecule has 0 unspecified atom stereocenters. The highest BCUT2D eigenvalue weighted by Gasteiger charge is 2.79. The number of nitrogens with zero attached hydrogens (tertiary/aromatic N) is 1. The maximum Gasteiger partial charge on any atom is 0.239 e. The van der Waals surface area contributed by atoms with Crippen molar-refractivity contribution in [2.45, 2.75) is 34.1 Å². The molecule has 180 valence electrons. The quantitative estimate of drug-likeness (QED) is 0.434. The molecule has 4 nitrogen and oxygen atoms in total. The zero-order valence-electron chi connectivity index (χ0n) is 21.0. The second kappa shape index (κ2) is 7.60. The number of hydrogen-bond acceptors (Lipinski definition) is 3. The molecule has 1 saturated heterocycles. The fourth-order valence-electron chi connectivity index (χ4n) is 7.42. The van der Waals surface area contributed by atoms with Crippen LogP contribution in [-0.2, 0) is 14.4 Å². The molecular formula is C32H29NO3. The highest BCUT2D eigenvalue weighted by molar-refractivity contribution is 6.34. The second-order valence-electron chi connectivity index (χ2n) is 10.6. The number of anilines is 1. The molecule has 1 aliphatic heterocycles. The number of fused-ring (bicyclic) bond motifs is 5. The van der Waals surface area contributed by atoms with E-state index in [0.29, 0.717) is 12.1 Å². The Kier molecular flexibility index (Phi) is 4.79. The highest BCUT2D eigenvalue weighted by atomic mass is 16.2. The Bertz CT molecular complexity index is 1470. The van der Waals surface area contributed by atoms with Gasteiger partial charge in [0, 0.05) is 0 Å². The lowest BCUT2D eigenvalue weighted by molar-refractivity contribution is -0.134. The van der Waals surface area contributed by atoms with Gasteiger partial charge < -0.3 is 0 Å². The van der Waals surface area contributed by atoms with Crippen molar-refractivity contribution >= 4 is 34.4 Å². The normalized spacial score (nSPS) is 28.9. The Morgan fingerprint density at radius 3 is 1.86 bits per heavy atom. The van der Waals surface area contributed by atoms with Crippen LogP contribution in [0.1, 0.15) is 42.5 Å². The Labute approximate surface area is 211 Å². The molecule has 2 aliphatic carbocycles. The standard InChI is InChI=1S/C32H29NO3/c1-5-32-25(22-14-10-7-11-15-22)24(21-12-8-6-9-13-21)31(4,30(32)36)26-27(32)29(35)33(28(26)34)23-17-16-19(2)18-20(23)3/h6-18,26-27H,5H2,1-4H3/t26-,27-,31-,32+/m0/s1. The fraction of sp³-hybridized carbons (Fsp3) is 0.281. The first-order chi connectivity index (χ1) is 17.3. The van der Waals surface area contributed by atoms with Gasteiger partial charge in [0.1, 0.15) is 0 Å². The second-order valence-corrected chi connectivity index (χ2v) is 10.6. The first-order valence-electron chi connectivity index (χ1n) is 12.6. The van der Waals surface area contributed by atoms with Crippen LogP contribution in [-0.4, -0.2) is 17.6 Å². The summed E-state index contributed by atoms with van der Waals surface area (Å²) in [4.78, 5) is 44.3. The summed E-state index contributed by atoms with van der Waals surface area (Å²) in [6.07, 6.45) is 0.461. The summed E-state index contributed by atoms with van der Waals surface area (Å²) in [5, 5.41) is 0. The minimum atomic E-state index is -1.09. The number of imide groups is 1. The van der Waals surface area contributed by atoms with Crippen LogP contribution in [0.4, 0.5) is 5.69 Å². The highest BCUT2D eigenvalue weighted by Crippen LogP contribution is 2.74. The van der Waals surface area contributed by atoms with Crippen LogP contribution in [0.2, 0.25) is 0 Å². The van der Waals surface area contributed by atoms with E-state index in [0.717, 1.165) is 33.4 Å². The Morgan fingerprint density at radius 2 is 1.31 bits per heavy atom. The minimum absolute atomic E-state index is 0.00665. The number of Topliss-reactive ketones (excluding diaryl/α,β-unsaturated/α-hetero) is 1. The lowest BCUT2D eigenvalue weighted by Gasteiger charge is -2.37. The lowest BCUT2D eigenvalue weighted by atomic mass is 9.62. The number of ketones is 1. The largest absolute Gasteiger partial charge is 0.298 e. The van der Waals surface area contributed by atoms with Crippen LogP contribution in [0.25, 0.3) is 11.1 Å². The van der Waals surface area contributed by atoms with Crippen molar-refractivity contribution in [2.75, 3.05) is 4.90 Å². The molecular weight excluding hydrogens is 446 g/mol. The average Bonchev–Trinajstić information content (AvgIpc) is 3.35. The van der Waals surface area contributed by atoms with Crippen LogP contribution in [0.15, 0.2) is 78.9 Å². The topological polar surface area (TPSA) is 54.5 Å². The Balaban J connectivity index is 1.65. The number of rotatable bonds is 4. The molecule has 4 atom stereocenters. The predicted octanol–water partition coefficient (Wildman–Crippen LogP) is 6.02. The third-order valence-electron chi connectivity index (χ3n) is 8.83. The van der Waals surface area contributed by atoms with Crippen molar-refractivity contribution in [3.63, 3.8) is 0 Å². The maximum absolute atomic E-state index is 14.5. The van der Waals surface area contributed by atoms with Crippen molar-refractivity contribution in [1.29, 1.82) is 0 Å². The van der Waals surface area contributed by atoms with E-state index >= 15 is 0 Å². The Hall–Kier alpha value is -3.79. The van der Waals surface area contributed by atoms with E-state index in [2.05, 4.69) is 0 Å². The summed E-state index contributed by atoms with van der Waals surface area (Å²) in [6.45, 7) is 7.80. The number of carbonyl (C=O) groups is 3. The van der Waals surface area contributed by atoms with Crippen molar-refractivity contribution in [3.8, 4) is 0 Å². The molecule has 2 fully saturated rings. The van der Waals surface area contributed by atoms with E-state index in [1.807, 2.05) is 107 Å². The molecule has 0 N–H and O–H groups in total. The monoisotopic (exact) mass is 475 g/mol. The van der Waals surface area contributed by atoms with Crippen LogP contribution in [0.3, 0.4) is 0 Å². The first kappa shape index (κ1) is 22.7. The molecule has 1 saturated carbocycles. The van der Waals surface area contributed by atoms with E-state index in [-0.39, 0.29) is 17.6 Å². The first-order valence-corrected chi connectivity index (χ1v) is 12.6. The van der Waals surface area contributed by atoms with Gasteiger partial charge in [0.05, 0.1) is 28.4 Å². The molecule has 3 aromatic rings. The van der Waals surface area contributed by atoms with E-state index < -0.39 is 22.7 Å². The molecule has 3 aromatic carbocycles. The van der Waals surface area contributed by atoms with Crippen LogP contribution < -0.4 is 4.90 Å². The molecule has 0 radical (unpaired) electrons.